The molecule has 0 aliphatic heterocycles. The van der Waals surface area contributed by atoms with Gasteiger partial charge in [0, 0.05) is 6.26 Å². The lowest BCUT2D eigenvalue weighted by Gasteiger charge is -2.05. The number of carbonyl (C=O) groups excluding carboxylic acids is 1. The Bertz CT molecular complexity index is 493. The fourth-order valence-corrected chi connectivity index (χ4v) is 1.95. The summed E-state index contributed by atoms with van der Waals surface area (Å²) in [7, 11) is -2.48. The van der Waals surface area contributed by atoms with Gasteiger partial charge < -0.3 is 4.74 Å². The molecule has 0 unspecified atom stereocenters. The lowest BCUT2D eigenvalue weighted by Crippen LogP contribution is -2.10. The Morgan fingerprint density at radius 2 is 2.00 bits per heavy atom. The van der Waals surface area contributed by atoms with E-state index in [4.69, 9.17) is 0 Å². The molecule has 6 heteroatoms. The van der Waals surface area contributed by atoms with Crippen LogP contribution in [-0.2, 0) is 14.6 Å². The Balaban J connectivity index is 3.47. The molecule has 0 aromatic heterocycles. The minimum atomic E-state index is -3.57. The standard InChI is InChI=1S/C9H9FO4S/c1-14-9(11)7-5-6(10)3-4-8(7)15(2,12)13/h3-5H,1-2H3. The summed E-state index contributed by atoms with van der Waals surface area (Å²) in [5.74, 6) is -1.57. The van der Waals surface area contributed by atoms with Gasteiger partial charge in [0.25, 0.3) is 0 Å². The number of esters is 1. The molecule has 4 nitrogen and oxygen atoms in total. The topological polar surface area (TPSA) is 60.4 Å². The van der Waals surface area contributed by atoms with E-state index < -0.39 is 21.6 Å². The van der Waals surface area contributed by atoms with Crippen molar-refractivity contribution < 1.29 is 22.3 Å². The van der Waals surface area contributed by atoms with Gasteiger partial charge in [-0.25, -0.2) is 17.6 Å². The van der Waals surface area contributed by atoms with Crippen LogP contribution >= 0.6 is 0 Å². The third kappa shape index (κ3) is 2.53. The van der Waals surface area contributed by atoms with Crippen molar-refractivity contribution in [3.05, 3.63) is 29.6 Å². The van der Waals surface area contributed by atoms with Crippen LogP contribution in [0.15, 0.2) is 23.1 Å². The Morgan fingerprint density at radius 1 is 1.40 bits per heavy atom. The van der Waals surface area contributed by atoms with Crippen LogP contribution in [0, 0.1) is 5.82 Å². The van der Waals surface area contributed by atoms with E-state index in [-0.39, 0.29) is 10.5 Å². The van der Waals surface area contributed by atoms with E-state index in [1.165, 1.54) is 0 Å². The van der Waals surface area contributed by atoms with Gasteiger partial charge in [-0.3, -0.25) is 0 Å². The predicted octanol–water partition coefficient (Wildman–Crippen LogP) is 1.02. The Morgan fingerprint density at radius 3 is 2.47 bits per heavy atom. The van der Waals surface area contributed by atoms with Crippen LogP contribution in [0.25, 0.3) is 0 Å². The monoisotopic (exact) mass is 232 g/mol. The second kappa shape index (κ2) is 3.98. The molecule has 0 saturated heterocycles. The van der Waals surface area contributed by atoms with E-state index in [1.54, 1.807) is 0 Å². The van der Waals surface area contributed by atoms with Crippen molar-refractivity contribution in [3.8, 4) is 0 Å². The highest BCUT2D eigenvalue weighted by Crippen LogP contribution is 2.17. The summed E-state index contributed by atoms with van der Waals surface area (Å²) >= 11 is 0. The van der Waals surface area contributed by atoms with Gasteiger partial charge in [0.05, 0.1) is 17.6 Å². The molecule has 0 aliphatic carbocycles. The van der Waals surface area contributed by atoms with Crippen molar-refractivity contribution in [3.63, 3.8) is 0 Å². The van der Waals surface area contributed by atoms with Gasteiger partial charge in [-0.1, -0.05) is 0 Å². The lowest BCUT2D eigenvalue weighted by molar-refractivity contribution is 0.0595. The zero-order valence-electron chi connectivity index (χ0n) is 8.15. The molecule has 1 rings (SSSR count). The third-order valence-corrected chi connectivity index (χ3v) is 2.90. The Labute approximate surface area is 86.6 Å². The summed E-state index contributed by atoms with van der Waals surface area (Å²) < 4.78 is 39.7. The first kappa shape index (κ1) is 11.6. The van der Waals surface area contributed by atoms with Crippen molar-refractivity contribution in [2.75, 3.05) is 13.4 Å². The summed E-state index contributed by atoms with van der Waals surface area (Å²) in [6.45, 7) is 0. The normalized spacial score (nSPS) is 11.1. The van der Waals surface area contributed by atoms with Gasteiger partial charge in [-0.15, -0.1) is 0 Å². The Kier molecular flexibility index (Phi) is 3.09. The molecule has 0 aliphatic rings. The highest BCUT2D eigenvalue weighted by molar-refractivity contribution is 7.90. The average Bonchev–Trinajstić information content (AvgIpc) is 2.14. The number of carbonyl (C=O) groups is 1. The average molecular weight is 232 g/mol. The number of methoxy groups -OCH3 is 1. The SMILES string of the molecule is COC(=O)c1cc(F)ccc1S(C)(=O)=O. The zero-order valence-corrected chi connectivity index (χ0v) is 8.97. The molecular weight excluding hydrogens is 223 g/mol. The van der Waals surface area contributed by atoms with Gasteiger partial charge in [-0.2, -0.15) is 0 Å². The van der Waals surface area contributed by atoms with E-state index in [0.29, 0.717) is 0 Å². The molecule has 0 N–H and O–H groups in total. The smallest absolute Gasteiger partial charge is 0.339 e. The van der Waals surface area contributed by atoms with Crippen LogP contribution in [0.3, 0.4) is 0 Å². The predicted molar refractivity (Wildman–Crippen MR) is 50.8 cm³/mol. The van der Waals surface area contributed by atoms with Gasteiger partial charge >= 0.3 is 5.97 Å². The molecule has 0 fully saturated rings. The van der Waals surface area contributed by atoms with E-state index >= 15 is 0 Å². The van der Waals surface area contributed by atoms with Crippen LogP contribution in [0.2, 0.25) is 0 Å². The summed E-state index contributed by atoms with van der Waals surface area (Å²) in [4.78, 5) is 10.9. The second-order valence-electron chi connectivity index (χ2n) is 2.90. The molecule has 1 aromatic rings. The third-order valence-electron chi connectivity index (χ3n) is 1.75. The van der Waals surface area contributed by atoms with Crippen molar-refractivity contribution in [1.29, 1.82) is 0 Å². The molecular formula is C9H9FO4S. The highest BCUT2D eigenvalue weighted by atomic mass is 32.2. The molecule has 82 valence electrons. The maximum absolute atomic E-state index is 12.8. The lowest BCUT2D eigenvalue weighted by atomic mass is 10.2. The van der Waals surface area contributed by atoms with E-state index in [2.05, 4.69) is 4.74 Å². The van der Waals surface area contributed by atoms with Gasteiger partial charge in [0.1, 0.15) is 5.82 Å². The zero-order chi connectivity index (χ0) is 11.6. The van der Waals surface area contributed by atoms with Crippen LogP contribution in [0.5, 0.6) is 0 Å². The number of sulfone groups is 1. The van der Waals surface area contributed by atoms with Crippen LogP contribution in [-0.4, -0.2) is 27.8 Å². The molecule has 0 amide bonds. The molecule has 0 bridgehead atoms. The molecule has 0 spiro atoms. The summed E-state index contributed by atoms with van der Waals surface area (Å²) in [6.07, 6.45) is 0.937. The highest BCUT2D eigenvalue weighted by Gasteiger charge is 2.19. The number of rotatable bonds is 2. The number of hydrogen-bond donors (Lipinski definition) is 0. The molecule has 0 heterocycles. The first-order chi connectivity index (χ1) is 6.86. The molecule has 1 aromatic carbocycles. The fraction of sp³-hybridized carbons (Fsp3) is 0.222. The van der Waals surface area contributed by atoms with Gasteiger partial charge in [-0.05, 0) is 18.2 Å². The molecule has 0 saturated carbocycles. The summed E-state index contributed by atoms with van der Waals surface area (Å²) in [5.41, 5.74) is -0.292. The quantitative estimate of drug-likeness (QED) is 0.564. The first-order valence-corrected chi connectivity index (χ1v) is 5.83. The van der Waals surface area contributed by atoms with Crippen molar-refractivity contribution in [2.45, 2.75) is 4.90 Å². The Hall–Kier alpha value is -1.43. The number of halogens is 1. The largest absolute Gasteiger partial charge is 0.465 e. The first-order valence-electron chi connectivity index (χ1n) is 3.94. The van der Waals surface area contributed by atoms with Crippen molar-refractivity contribution in [1.82, 2.24) is 0 Å². The van der Waals surface area contributed by atoms with E-state index in [9.17, 15) is 17.6 Å². The number of hydrogen-bond acceptors (Lipinski definition) is 4. The minimum Gasteiger partial charge on any atom is -0.465 e. The maximum atomic E-state index is 12.8. The minimum absolute atomic E-state index is 0.240. The van der Waals surface area contributed by atoms with E-state index in [0.717, 1.165) is 31.6 Å². The van der Waals surface area contributed by atoms with Gasteiger partial charge in [0.15, 0.2) is 9.84 Å². The van der Waals surface area contributed by atoms with Crippen molar-refractivity contribution >= 4 is 15.8 Å². The maximum Gasteiger partial charge on any atom is 0.339 e. The molecule has 0 atom stereocenters. The van der Waals surface area contributed by atoms with Gasteiger partial charge in [0.2, 0.25) is 0 Å². The van der Waals surface area contributed by atoms with Crippen LogP contribution in [0.1, 0.15) is 10.4 Å². The van der Waals surface area contributed by atoms with Crippen LogP contribution < -0.4 is 0 Å². The fourth-order valence-electron chi connectivity index (χ4n) is 1.10. The number of benzene rings is 1. The van der Waals surface area contributed by atoms with Crippen molar-refractivity contribution in [2.24, 2.45) is 0 Å². The second-order valence-corrected chi connectivity index (χ2v) is 4.89. The van der Waals surface area contributed by atoms with E-state index in [1.807, 2.05) is 0 Å². The molecule has 0 radical (unpaired) electrons. The summed E-state index contributed by atoms with van der Waals surface area (Å²) in [5, 5.41) is 0. The van der Waals surface area contributed by atoms with Crippen LogP contribution in [0.4, 0.5) is 4.39 Å². The number of ether oxygens (including phenoxy) is 1. The molecule has 15 heavy (non-hydrogen) atoms. The summed E-state index contributed by atoms with van der Waals surface area (Å²) in [6, 6.07) is 2.85.